The van der Waals surface area contributed by atoms with Crippen LogP contribution in [0, 0.1) is 6.92 Å². The van der Waals surface area contributed by atoms with Crippen molar-refractivity contribution in [2.45, 2.75) is 51.7 Å². The maximum atomic E-state index is 6.06. The molecule has 0 amide bonds. The number of piperidine rings is 1. The highest BCUT2D eigenvalue weighted by atomic mass is 16.5. The standard InChI is InChI=1S/C16H26N2O/c1-11-5-6-16(19-4)15(9-11)13(3)18-8-7-14(17)10-12(18)2/h5-6,9,12-14H,7-8,10,17H2,1-4H3. The van der Waals surface area contributed by atoms with Crippen LogP contribution in [0.25, 0.3) is 0 Å². The first kappa shape index (κ1) is 14.4. The first-order valence-corrected chi connectivity index (χ1v) is 7.18. The number of nitrogens with two attached hydrogens (primary N) is 1. The second-order valence-corrected chi connectivity index (χ2v) is 5.79. The lowest BCUT2D eigenvalue weighted by Gasteiger charge is -2.40. The van der Waals surface area contributed by atoms with Crippen molar-refractivity contribution in [2.24, 2.45) is 5.73 Å². The highest BCUT2D eigenvalue weighted by molar-refractivity contribution is 5.39. The van der Waals surface area contributed by atoms with Crippen molar-refractivity contribution in [3.8, 4) is 5.75 Å². The summed E-state index contributed by atoms with van der Waals surface area (Å²) >= 11 is 0. The van der Waals surface area contributed by atoms with Gasteiger partial charge in [-0.25, -0.2) is 0 Å². The molecular formula is C16H26N2O. The second-order valence-electron chi connectivity index (χ2n) is 5.79. The quantitative estimate of drug-likeness (QED) is 0.910. The average molecular weight is 262 g/mol. The lowest BCUT2D eigenvalue weighted by molar-refractivity contribution is 0.103. The van der Waals surface area contributed by atoms with E-state index in [4.69, 9.17) is 10.5 Å². The van der Waals surface area contributed by atoms with Crippen LogP contribution in [0.2, 0.25) is 0 Å². The largest absolute Gasteiger partial charge is 0.496 e. The number of hydrogen-bond donors (Lipinski definition) is 1. The summed E-state index contributed by atoms with van der Waals surface area (Å²) in [6.07, 6.45) is 2.17. The average Bonchev–Trinajstić information content (AvgIpc) is 2.38. The normalized spacial score (nSPS) is 26.2. The lowest BCUT2D eigenvalue weighted by atomic mass is 9.94. The molecule has 106 valence electrons. The molecule has 1 fully saturated rings. The lowest BCUT2D eigenvalue weighted by Crippen LogP contribution is -2.46. The summed E-state index contributed by atoms with van der Waals surface area (Å²) in [7, 11) is 1.75. The van der Waals surface area contributed by atoms with Gasteiger partial charge in [-0.1, -0.05) is 17.7 Å². The Morgan fingerprint density at radius 1 is 1.42 bits per heavy atom. The number of rotatable bonds is 3. The van der Waals surface area contributed by atoms with E-state index in [1.165, 1.54) is 11.1 Å². The smallest absolute Gasteiger partial charge is 0.123 e. The molecule has 0 bridgehead atoms. The van der Waals surface area contributed by atoms with Crippen LogP contribution in [-0.4, -0.2) is 30.6 Å². The maximum Gasteiger partial charge on any atom is 0.123 e. The minimum atomic E-state index is 0.359. The number of ether oxygens (including phenoxy) is 1. The molecule has 3 unspecified atom stereocenters. The van der Waals surface area contributed by atoms with Crippen LogP contribution < -0.4 is 10.5 Å². The molecule has 2 rings (SSSR count). The van der Waals surface area contributed by atoms with E-state index in [9.17, 15) is 0 Å². The molecule has 1 aliphatic rings. The van der Waals surface area contributed by atoms with Crippen molar-refractivity contribution in [1.29, 1.82) is 0 Å². The Labute approximate surface area is 116 Å². The fraction of sp³-hybridized carbons (Fsp3) is 0.625. The van der Waals surface area contributed by atoms with E-state index in [0.29, 0.717) is 18.1 Å². The van der Waals surface area contributed by atoms with Gasteiger partial charge in [-0.3, -0.25) is 4.90 Å². The summed E-state index contributed by atoms with van der Waals surface area (Å²) in [4.78, 5) is 2.54. The van der Waals surface area contributed by atoms with Crippen LogP contribution in [0.15, 0.2) is 18.2 Å². The first-order chi connectivity index (χ1) is 9.02. The number of nitrogens with zero attached hydrogens (tertiary/aromatic N) is 1. The highest BCUT2D eigenvalue weighted by Gasteiger charge is 2.28. The number of likely N-dealkylation sites (tertiary alicyclic amines) is 1. The zero-order valence-corrected chi connectivity index (χ0v) is 12.5. The molecule has 3 nitrogen and oxygen atoms in total. The Balaban J connectivity index is 2.23. The van der Waals surface area contributed by atoms with E-state index in [2.05, 4.69) is 43.9 Å². The fourth-order valence-electron chi connectivity index (χ4n) is 3.16. The van der Waals surface area contributed by atoms with Gasteiger partial charge < -0.3 is 10.5 Å². The van der Waals surface area contributed by atoms with Crippen LogP contribution in [0.1, 0.15) is 43.9 Å². The van der Waals surface area contributed by atoms with E-state index in [-0.39, 0.29) is 0 Å². The van der Waals surface area contributed by atoms with Gasteiger partial charge in [0, 0.05) is 30.2 Å². The van der Waals surface area contributed by atoms with E-state index in [1.807, 2.05) is 0 Å². The number of methoxy groups -OCH3 is 1. The van der Waals surface area contributed by atoms with Crippen LogP contribution >= 0.6 is 0 Å². The van der Waals surface area contributed by atoms with Gasteiger partial charge >= 0.3 is 0 Å². The molecule has 0 spiro atoms. The van der Waals surface area contributed by atoms with Gasteiger partial charge in [0.25, 0.3) is 0 Å². The minimum absolute atomic E-state index is 0.359. The van der Waals surface area contributed by atoms with Crippen molar-refractivity contribution < 1.29 is 4.74 Å². The Kier molecular flexibility index (Phi) is 4.48. The monoisotopic (exact) mass is 262 g/mol. The molecule has 1 aromatic rings. The minimum Gasteiger partial charge on any atom is -0.496 e. The predicted molar refractivity (Wildman–Crippen MR) is 79.5 cm³/mol. The number of aryl methyl sites for hydroxylation is 1. The van der Waals surface area contributed by atoms with Crippen molar-refractivity contribution >= 4 is 0 Å². The molecule has 2 N–H and O–H groups in total. The second kappa shape index (κ2) is 5.93. The number of benzene rings is 1. The molecule has 1 aliphatic heterocycles. The van der Waals surface area contributed by atoms with E-state index in [1.54, 1.807) is 7.11 Å². The molecule has 1 aromatic carbocycles. The van der Waals surface area contributed by atoms with Crippen LogP contribution in [-0.2, 0) is 0 Å². The summed E-state index contributed by atoms with van der Waals surface area (Å²) in [5.41, 5.74) is 8.62. The number of hydrogen-bond acceptors (Lipinski definition) is 3. The summed E-state index contributed by atoms with van der Waals surface area (Å²) < 4.78 is 5.52. The molecular weight excluding hydrogens is 236 g/mol. The Bertz CT molecular complexity index is 433. The third kappa shape index (κ3) is 3.10. The van der Waals surface area contributed by atoms with Gasteiger partial charge in [0.2, 0.25) is 0 Å². The summed E-state index contributed by atoms with van der Waals surface area (Å²) in [6, 6.07) is 7.68. The molecule has 3 heteroatoms. The van der Waals surface area contributed by atoms with E-state index in [0.717, 1.165) is 25.1 Å². The summed E-state index contributed by atoms with van der Waals surface area (Å²) in [6.45, 7) is 7.74. The third-order valence-electron chi connectivity index (χ3n) is 4.30. The molecule has 0 aromatic heterocycles. The van der Waals surface area contributed by atoms with Crippen LogP contribution in [0.5, 0.6) is 5.75 Å². The van der Waals surface area contributed by atoms with Gasteiger partial charge in [-0.05, 0) is 39.7 Å². The topological polar surface area (TPSA) is 38.5 Å². The molecule has 0 radical (unpaired) electrons. The van der Waals surface area contributed by atoms with Crippen LogP contribution in [0.3, 0.4) is 0 Å². The van der Waals surface area contributed by atoms with Gasteiger partial charge in [0.05, 0.1) is 7.11 Å². The summed E-state index contributed by atoms with van der Waals surface area (Å²) in [5.74, 6) is 0.986. The highest BCUT2D eigenvalue weighted by Crippen LogP contribution is 2.33. The maximum absolute atomic E-state index is 6.06. The molecule has 0 aliphatic carbocycles. The molecule has 19 heavy (non-hydrogen) atoms. The zero-order valence-electron chi connectivity index (χ0n) is 12.5. The fourth-order valence-corrected chi connectivity index (χ4v) is 3.16. The van der Waals surface area contributed by atoms with Gasteiger partial charge in [-0.15, -0.1) is 0 Å². The third-order valence-corrected chi connectivity index (χ3v) is 4.30. The van der Waals surface area contributed by atoms with Crippen molar-refractivity contribution in [1.82, 2.24) is 4.90 Å². The molecule has 1 saturated heterocycles. The van der Waals surface area contributed by atoms with Crippen molar-refractivity contribution in [3.63, 3.8) is 0 Å². The van der Waals surface area contributed by atoms with Crippen molar-refractivity contribution in [3.05, 3.63) is 29.3 Å². The zero-order chi connectivity index (χ0) is 14.0. The summed E-state index contributed by atoms with van der Waals surface area (Å²) in [5, 5.41) is 0. The van der Waals surface area contributed by atoms with E-state index >= 15 is 0 Å². The van der Waals surface area contributed by atoms with Gasteiger partial charge in [-0.2, -0.15) is 0 Å². The Morgan fingerprint density at radius 3 is 2.79 bits per heavy atom. The van der Waals surface area contributed by atoms with Crippen LogP contribution in [0.4, 0.5) is 0 Å². The SMILES string of the molecule is COc1ccc(C)cc1C(C)N1CCC(N)CC1C. The van der Waals surface area contributed by atoms with E-state index < -0.39 is 0 Å². The Morgan fingerprint density at radius 2 is 2.16 bits per heavy atom. The molecule has 3 atom stereocenters. The predicted octanol–water partition coefficient (Wildman–Crippen LogP) is 2.88. The van der Waals surface area contributed by atoms with Crippen molar-refractivity contribution in [2.75, 3.05) is 13.7 Å². The Hall–Kier alpha value is -1.06. The first-order valence-electron chi connectivity index (χ1n) is 7.18. The van der Waals surface area contributed by atoms with Gasteiger partial charge in [0.1, 0.15) is 5.75 Å². The van der Waals surface area contributed by atoms with Gasteiger partial charge in [0.15, 0.2) is 0 Å². The molecule has 1 heterocycles. The molecule has 0 saturated carbocycles.